The molecule has 0 bridgehead atoms. The summed E-state index contributed by atoms with van der Waals surface area (Å²) in [6.07, 6.45) is 4.30. The number of rotatable bonds is 4. The number of nitrogens with one attached hydrogen (secondary N) is 1. The number of carbonyl (C=O) groups is 1. The SMILES string of the molecule is CC(C)(C)C(N)CC(=O)NCC1CCC1. The molecule has 1 amide bonds. The second-order valence-electron chi connectivity index (χ2n) is 5.78. The molecule has 0 saturated heterocycles. The van der Waals surface area contributed by atoms with Gasteiger partial charge in [0.05, 0.1) is 0 Å². The molecule has 1 atom stereocenters. The van der Waals surface area contributed by atoms with E-state index in [-0.39, 0.29) is 17.4 Å². The first-order valence-corrected chi connectivity index (χ1v) is 5.92. The van der Waals surface area contributed by atoms with Crippen LogP contribution in [0, 0.1) is 11.3 Å². The second kappa shape index (κ2) is 4.97. The van der Waals surface area contributed by atoms with Gasteiger partial charge in [0.2, 0.25) is 5.91 Å². The quantitative estimate of drug-likeness (QED) is 0.744. The Balaban J connectivity index is 2.17. The molecule has 0 aromatic carbocycles. The molecule has 3 heteroatoms. The van der Waals surface area contributed by atoms with Gasteiger partial charge >= 0.3 is 0 Å². The molecule has 0 aromatic rings. The normalized spacial score (nSPS) is 19.5. The summed E-state index contributed by atoms with van der Waals surface area (Å²) in [5, 5.41) is 2.97. The molecule has 1 aliphatic carbocycles. The summed E-state index contributed by atoms with van der Waals surface area (Å²) in [6.45, 7) is 7.04. The molecule has 1 fully saturated rings. The van der Waals surface area contributed by atoms with Crippen molar-refractivity contribution in [3.8, 4) is 0 Å². The highest BCUT2D eigenvalue weighted by molar-refractivity contribution is 5.76. The van der Waals surface area contributed by atoms with Gasteiger partial charge in [0.15, 0.2) is 0 Å². The molecule has 1 saturated carbocycles. The molecule has 1 aliphatic rings. The van der Waals surface area contributed by atoms with Gasteiger partial charge in [0.25, 0.3) is 0 Å². The molecule has 0 aliphatic heterocycles. The first-order valence-electron chi connectivity index (χ1n) is 5.92. The Morgan fingerprint density at radius 3 is 2.47 bits per heavy atom. The van der Waals surface area contributed by atoms with Gasteiger partial charge < -0.3 is 11.1 Å². The maximum Gasteiger partial charge on any atom is 0.221 e. The highest BCUT2D eigenvalue weighted by Crippen LogP contribution is 2.25. The molecule has 15 heavy (non-hydrogen) atoms. The van der Waals surface area contributed by atoms with Crippen molar-refractivity contribution in [1.29, 1.82) is 0 Å². The van der Waals surface area contributed by atoms with Crippen LogP contribution in [0.3, 0.4) is 0 Å². The third kappa shape index (κ3) is 4.20. The summed E-state index contributed by atoms with van der Waals surface area (Å²) in [6, 6.07) is -0.0566. The monoisotopic (exact) mass is 212 g/mol. The van der Waals surface area contributed by atoms with Crippen LogP contribution in [0.15, 0.2) is 0 Å². The minimum Gasteiger partial charge on any atom is -0.356 e. The zero-order valence-electron chi connectivity index (χ0n) is 10.2. The van der Waals surface area contributed by atoms with Gasteiger partial charge in [-0.05, 0) is 24.2 Å². The van der Waals surface area contributed by atoms with Gasteiger partial charge in [-0.25, -0.2) is 0 Å². The van der Waals surface area contributed by atoms with Crippen LogP contribution in [-0.2, 0) is 4.79 Å². The van der Waals surface area contributed by atoms with Crippen LogP contribution in [0.5, 0.6) is 0 Å². The average Bonchev–Trinajstić information content (AvgIpc) is 1.99. The minimum atomic E-state index is -0.0566. The van der Waals surface area contributed by atoms with Crippen LogP contribution in [-0.4, -0.2) is 18.5 Å². The van der Waals surface area contributed by atoms with E-state index in [1.165, 1.54) is 19.3 Å². The number of amides is 1. The van der Waals surface area contributed by atoms with Gasteiger partial charge in [-0.3, -0.25) is 4.79 Å². The Morgan fingerprint density at radius 1 is 1.47 bits per heavy atom. The molecule has 3 nitrogen and oxygen atoms in total. The number of hydrogen-bond donors (Lipinski definition) is 2. The molecule has 0 spiro atoms. The summed E-state index contributed by atoms with van der Waals surface area (Å²) in [5.41, 5.74) is 5.95. The minimum absolute atomic E-state index is 0.00775. The fourth-order valence-electron chi connectivity index (χ4n) is 1.53. The third-order valence-electron chi connectivity index (χ3n) is 3.33. The number of hydrogen-bond acceptors (Lipinski definition) is 2. The van der Waals surface area contributed by atoms with Crippen LogP contribution in [0.2, 0.25) is 0 Å². The zero-order valence-corrected chi connectivity index (χ0v) is 10.2. The highest BCUT2D eigenvalue weighted by atomic mass is 16.1. The fourth-order valence-corrected chi connectivity index (χ4v) is 1.53. The van der Waals surface area contributed by atoms with Crippen LogP contribution < -0.4 is 11.1 Å². The van der Waals surface area contributed by atoms with E-state index in [0.717, 1.165) is 12.5 Å². The predicted octanol–water partition coefficient (Wildman–Crippen LogP) is 1.67. The van der Waals surface area contributed by atoms with Crippen molar-refractivity contribution in [3.63, 3.8) is 0 Å². The lowest BCUT2D eigenvalue weighted by Gasteiger charge is -2.28. The van der Waals surface area contributed by atoms with E-state index in [4.69, 9.17) is 5.73 Å². The molecular formula is C12H24N2O. The Kier molecular flexibility index (Phi) is 4.14. The maximum absolute atomic E-state index is 11.6. The lowest BCUT2D eigenvalue weighted by atomic mass is 9.84. The topological polar surface area (TPSA) is 55.1 Å². The number of nitrogens with two attached hydrogens (primary N) is 1. The summed E-state index contributed by atoms with van der Waals surface area (Å²) in [7, 11) is 0. The lowest BCUT2D eigenvalue weighted by molar-refractivity contribution is -0.122. The Hall–Kier alpha value is -0.570. The molecule has 88 valence electrons. The zero-order chi connectivity index (χ0) is 11.5. The van der Waals surface area contributed by atoms with E-state index < -0.39 is 0 Å². The van der Waals surface area contributed by atoms with Crippen LogP contribution >= 0.6 is 0 Å². The maximum atomic E-state index is 11.6. The van der Waals surface area contributed by atoms with Gasteiger partial charge in [-0.2, -0.15) is 0 Å². The summed E-state index contributed by atoms with van der Waals surface area (Å²) < 4.78 is 0. The molecule has 0 heterocycles. The highest BCUT2D eigenvalue weighted by Gasteiger charge is 2.24. The van der Waals surface area contributed by atoms with Crippen molar-refractivity contribution in [1.82, 2.24) is 5.32 Å². The first-order chi connectivity index (χ1) is 6.89. The van der Waals surface area contributed by atoms with Crippen molar-refractivity contribution in [2.45, 2.75) is 52.5 Å². The molecule has 1 rings (SSSR count). The Morgan fingerprint density at radius 2 is 2.07 bits per heavy atom. The first kappa shape index (κ1) is 12.5. The predicted molar refractivity (Wildman–Crippen MR) is 62.4 cm³/mol. The molecular weight excluding hydrogens is 188 g/mol. The average molecular weight is 212 g/mol. The standard InChI is InChI=1S/C12H24N2O/c1-12(2,3)10(13)7-11(15)14-8-9-5-4-6-9/h9-10H,4-8,13H2,1-3H3,(H,14,15). The van der Waals surface area contributed by atoms with Crippen molar-refractivity contribution in [2.75, 3.05) is 6.54 Å². The van der Waals surface area contributed by atoms with Crippen molar-refractivity contribution in [2.24, 2.45) is 17.1 Å². The summed E-state index contributed by atoms with van der Waals surface area (Å²) in [4.78, 5) is 11.6. The lowest BCUT2D eigenvalue weighted by Crippen LogP contribution is -2.41. The van der Waals surface area contributed by atoms with Gasteiger partial charge in [-0.15, -0.1) is 0 Å². The van der Waals surface area contributed by atoms with E-state index >= 15 is 0 Å². The van der Waals surface area contributed by atoms with E-state index in [9.17, 15) is 4.79 Å². The third-order valence-corrected chi connectivity index (χ3v) is 3.33. The van der Waals surface area contributed by atoms with E-state index in [2.05, 4.69) is 26.1 Å². The van der Waals surface area contributed by atoms with Gasteiger partial charge in [-0.1, -0.05) is 27.2 Å². The molecule has 0 aromatic heterocycles. The largest absolute Gasteiger partial charge is 0.356 e. The Labute approximate surface area is 92.8 Å². The van der Waals surface area contributed by atoms with Gasteiger partial charge in [0.1, 0.15) is 0 Å². The van der Waals surface area contributed by atoms with Gasteiger partial charge in [0, 0.05) is 19.0 Å². The van der Waals surface area contributed by atoms with Crippen LogP contribution in [0.4, 0.5) is 0 Å². The fraction of sp³-hybridized carbons (Fsp3) is 0.917. The van der Waals surface area contributed by atoms with Crippen molar-refractivity contribution < 1.29 is 4.79 Å². The van der Waals surface area contributed by atoms with E-state index in [0.29, 0.717) is 6.42 Å². The number of carbonyl (C=O) groups excluding carboxylic acids is 1. The van der Waals surface area contributed by atoms with Crippen LogP contribution in [0.25, 0.3) is 0 Å². The van der Waals surface area contributed by atoms with Crippen LogP contribution in [0.1, 0.15) is 46.5 Å². The smallest absolute Gasteiger partial charge is 0.221 e. The Bertz CT molecular complexity index is 216. The second-order valence-corrected chi connectivity index (χ2v) is 5.78. The summed E-state index contributed by atoms with van der Waals surface area (Å²) >= 11 is 0. The van der Waals surface area contributed by atoms with E-state index in [1.807, 2.05) is 0 Å². The molecule has 0 radical (unpaired) electrons. The molecule has 1 unspecified atom stereocenters. The van der Waals surface area contributed by atoms with Crippen molar-refractivity contribution >= 4 is 5.91 Å². The van der Waals surface area contributed by atoms with E-state index in [1.54, 1.807) is 0 Å². The van der Waals surface area contributed by atoms with Crippen molar-refractivity contribution in [3.05, 3.63) is 0 Å². The molecule has 3 N–H and O–H groups in total. The summed E-state index contributed by atoms with van der Waals surface area (Å²) in [5.74, 6) is 0.823.